The van der Waals surface area contributed by atoms with E-state index in [9.17, 15) is 44.1 Å². The first-order chi connectivity index (χ1) is 31.4. The lowest BCUT2D eigenvalue weighted by atomic mass is 9.81. The molecule has 1 saturated heterocycles. The second-order valence-electron chi connectivity index (χ2n) is 18.6. The summed E-state index contributed by atoms with van der Waals surface area (Å²) in [6, 6.07) is -3.12. The highest BCUT2D eigenvalue weighted by molar-refractivity contribution is 5.94. The van der Waals surface area contributed by atoms with Gasteiger partial charge in [-0.25, -0.2) is 4.79 Å². The highest BCUT2D eigenvalue weighted by atomic mass is 16.6. The number of carbonyl (C=O) groups is 6. The normalized spacial score (nSPS) is 20.6. The van der Waals surface area contributed by atoms with Crippen LogP contribution in [0.15, 0.2) is 0 Å². The smallest absolute Gasteiger partial charge is 0.332 e. The fourth-order valence-electron chi connectivity index (χ4n) is 8.64. The van der Waals surface area contributed by atoms with Crippen LogP contribution in [0.1, 0.15) is 214 Å². The number of unbranched alkanes of at least 4 members (excludes halogenated alkanes) is 22. The van der Waals surface area contributed by atoms with E-state index in [-0.39, 0.29) is 5.31 Å². The number of aliphatic hydroxyl groups excluding tert-OH is 1. The standard InChI is InChI=1S/C49H90N4O12/c1-6-8-10-12-14-16-18-20-22-24-26-28-30-37(31-29-27-25-23-21-19-17-15-13-11-9-7-2)47(61)63-34-39-42(57)43(64-35(3)46(59)60)41(50)44(65-39)49(5,53-36(4)54)48(62)52-38(45(51)58)32-33-40(55)56/h35,37-39,41-44,57H,6-34,50H2,1-5H3,(H2,51,58)(H,52,62)(H,53,54)(H,55,56)(H,59,60)/t35-,38+,39-,41-,42-,43-,44?,49-/m1/s1/i/hD. The third-order valence-corrected chi connectivity index (χ3v) is 12.7. The van der Waals surface area contributed by atoms with Gasteiger partial charge in [-0.15, -0.1) is 0 Å². The van der Waals surface area contributed by atoms with E-state index in [0.29, 0.717) is 12.8 Å². The highest BCUT2D eigenvalue weighted by Crippen LogP contribution is 2.31. The number of amides is 3. The summed E-state index contributed by atoms with van der Waals surface area (Å²) in [6.45, 7) is 7.20. The number of ether oxygens (including phenoxy) is 3. The summed E-state index contributed by atoms with van der Waals surface area (Å²) in [5.74, 6) is -6.81. The van der Waals surface area contributed by atoms with Crippen molar-refractivity contribution in [3.05, 3.63) is 0 Å². The molecule has 0 radical (unpaired) electrons. The van der Waals surface area contributed by atoms with Crippen LogP contribution >= 0.6 is 0 Å². The summed E-state index contributed by atoms with van der Waals surface area (Å²) in [5.41, 5.74) is 9.63. The van der Waals surface area contributed by atoms with Crippen molar-refractivity contribution in [2.24, 2.45) is 17.4 Å². The Morgan fingerprint density at radius 1 is 0.738 bits per heavy atom. The monoisotopic (exact) mass is 928 g/mol. The molecular formula is C49H90N4O12. The van der Waals surface area contributed by atoms with Crippen LogP contribution in [-0.4, -0.2) is 106 Å². The zero-order valence-corrected chi connectivity index (χ0v) is 40.7. The maximum absolute atomic E-state index is 14.1. The zero-order valence-electron chi connectivity index (χ0n) is 41.7. The van der Waals surface area contributed by atoms with Crippen molar-refractivity contribution in [1.82, 2.24) is 10.6 Å². The Labute approximate surface area is 391 Å². The molecule has 16 heteroatoms. The summed E-state index contributed by atoms with van der Waals surface area (Å²) < 4.78 is 26.5. The zero-order chi connectivity index (χ0) is 49.5. The summed E-state index contributed by atoms with van der Waals surface area (Å²) in [5, 5.41) is 33.1. The number of esters is 1. The lowest BCUT2D eigenvalue weighted by Gasteiger charge is -2.49. The predicted octanol–water partition coefficient (Wildman–Crippen LogP) is 7.37. The largest absolute Gasteiger partial charge is 0.481 e. The van der Waals surface area contributed by atoms with Crippen LogP contribution in [0.2, 0.25) is 1.41 Å². The van der Waals surface area contributed by atoms with Crippen molar-refractivity contribution in [2.75, 3.05) is 6.61 Å². The molecule has 378 valence electrons. The molecule has 8 atom stereocenters. The number of primary amides is 1. The van der Waals surface area contributed by atoms with Gasteiger partial charge in [0.15, 0.2) is 7.52 Å². The number of aliphatic hydroxyl groups is 1. The fourth-order valence-corrected chi connectivity index (χ4v) is 8.64. The molecule has 9 N–H and O–H groups in total. The van der Waals surface area contributed by atoms with Crippen LogP contribution in [0.5, 0.6) is 0 Å². The number of hydrogen-bond donors (Lipinski definition) is 7. The molecule has 1 rings (SSSR count). The second-order valence-corrected chi connectivity index (χ2v) is 18.6. The number of carbonyl (C=O) groups excluding carboxylic acids is 4. The van der Waals surface area contributed by atoms with Gasteiger partial charge in [0.2, 0.25) is 17.7 Å². The maximum atomic E-state index is 14.1. The van der Waals surface area contributed by atoms with Crippen molar-refractivity contribution in [2.45, 2.75) is 263 Å². The van der Waals surface area contributed by atoms with Crippen molar-refractivity contribution < 1.29 is 59.7 Å². The molecule has 0 aliphatic carbocycles. The molecule has 1 unspecified atom stereocenters. The van der Waals surface area contributed by atoms with Crippen LogP contribution in [-0.2, 0) is 43.0 Å². The number of carboxylic acid groups (broad SMARTS) is 2. The van der Waals surface area contributed by atoms with Gasteiger partial charge in [-0.05, 0) is 33.1 Å². The van der Waals surface area contributed by atoms with E-state index in [1.54, 1.807) is 0 Å². The molecule has 1 aliphatic rings. The van der Waals surface area contributed by atoms with Gasteiger partial charge < -0.3 is 51.6 Å². The second kappa shape index (κ2) is 34.9. The van der Waals surface area contributed by atoms with Crippen molar-refractivity contribution in [3.63, 3.8) is 0 Å². The van der Waals surface area contributed by atoms with Crippen LogP contribution in [0.25, 0.3) is 0 Å². The Kier molecular flexibility index (Phi) is 31.0. The van der Waals surface area contributed by atoms with E-state index < -0.39 is 109 Å². The number of nitrogens with one attached hydrogen (secondary N) is 2. The Hall–Kier alpha value is -3.34. The molecule has 3 amide bonds. The van der Waals surface area contributed by atoms with Gasteiger partial charge in [-0.3, -0.25) is 24.0 Å². The first kappa shape index (κ1) is 57.8. The van der Waals surface area contributed by atoms with Crippen molar-refractivity contribution >= 4 is 35.6 Å². The predicted molar refractivity (Wildman–Crippen MR) is 251 cm³/mol. The maximum Gasteiger partial charge on any atom is 0.332 e. The van der Waals surface area contributed by atoms with E-state index in [1.807, 2.05) is 0 Å². The summed E-state index contributed by atoms with van der Waals surface area (Å²) in [7, 11) is 0. The van der Waals surface area contributed by atoms with Crippen LogP contribution < -0.4 is 22.1 Å². The number of nitrogens with two attached hydrogens (primary N) is 2. The topological polar surface area (TPSA) is 267 Å². The molecule has 0 aromatic heterocycles. The lowest BCUT2D eigenvalue weighted by Crippen LogP contribution is -2.75. The van der Waals surface area contributed by atoms with Gasteiger partial charge in [0.25, 0.3) is 0 Å². The average Bonchev–Trinajstić information content (AvgIpc) is 3.27. The SMILES string of the molecule is [2H]N(C(C)=O)[C@@](C)(C(=O)N[C@@H](CCC(=O)O)C(N)=O)C1O[C@H](COC(=O)C(CCCCCCCCCCCCCC)CCCCCCCCCCCCCC)[C@@H](O)[C@H](O[C@H](C)C(=O)O)[C@H]1N. The third kappa shape index (κ3) is 24.8. The minimum atomic E-state index is -2.41. The van der Waals surface area contributed by atoms with E-state index in [1.165, 1.54) is 110 Å². The molecule has 1 fully saturated rings. The molecule has 0 saturated carbocycles. The minimum absolute atomic E-state index is 0.264. The van der Waals surface area contributed by atoms with Crippen molar-refractivity contribution in [3.8, 4) is 0 Å². The minimum Gasteiger partial charge on any atom is -0.481 e. The molecule has 65 heavy (non-hydrogen) atoms. The summed E-state index contributed by atoms with van der Waals surface area (Å²) in [6.07, 6.45) is 20.7. The van der Waals surface area contributed by atoms with E-state index in [4.69, 9.17) is 27.1 Å². The Morgan fingerprint density at radius 3 is 1.55 bits per heavy atom. The number of hydrogen-bond acceptors (Lipinski definition) is 11. The van der Waals surface area contributed by atoms with Crippen LogP contribution in [0, 0.1) is 5.92 Å². The molecule has 1 aliphatic heterocycles. The highest BCUT2D eigenvalue weighted by Gasteiger charge is 2.56. The quantitative estimate of drug-likeness (QED) is 0.0234. The van der Waals surface area contributed by atoms with Gasteiger partial charge >= 0.3 is 17.9 Å². The summed E-state index contributed by atoms with van der Waals surface area (Å²) >= 11 is 0. The van der Waals surface area contributed by atoms with Crippen LogP contribution in [0.3, 0.4) is 0 Å². The number of carboxylic acids is 2. The first-order valence-electron chi connectivity index (χ1n) is 25.6. The first-order valence-corrected chi connectivity index (χ1v) is 25.2. The van der Waals surface area contributed by atoms with E-state index in [2.05, 4.69) is 19.2 Å². The molecule has 16 nitrogen and oxygen atoms in total. The van der Waals surface area contributed by atoms with E-state index >= 15 is 0 Å². The van der Waals surface area contributed by atoms with E-state index in [0.717, 1.165) is 65.2 Å². The Balaban J connectivity index is 3.21. The van der Waals surface area contributed by atoms with Gasteiger partial charge in [0.05, 0.1) is 12.0 Å². The number of rotatable bonds is 40. The van der Waals surface area contributed by atoms with Gasteiger partial charge in [0.1, 0.15) is 42.6 Å². The van der Waals surface area contributed by atoms with Crippen molar-refractivity contribution in [1.29, 1.82) is 0 Å². The van der Waals surface area contributed by atoms with Gasteiger partial charge in [0, 0.05) is 13.3 Å². The van der Waals surface area contributed by atoms with Gasteiger partial charge in [-0.1, -0.05) is 168 Å². The molecular weight excluding hydrogens is 837 g/mol. The molecule has 0 bridgehead atoms. The average molecular weight is 928 g/mol. The van der Waals surface area contributed by atoms with Crippen LogP contribution in [0.4, 0.5) is 0 Å². The molecule has 0 spiro atoms. The molecule has 0 aromatic rings. The Bertz CT molecular complexity index is 1380. The molecule has 0 aromatic carbocycles. The van der Waals surface area contributed by atoms with Gasteiger partial charge in [-0.2, -0.15) is 0 Å². The molecule has 1 heterocycles. The lowest BCUT2D eigenvalue weighted by molar-refractivity contribution is -0.230. The summed E-state index contributed by atoms with van der Waals surface area (Å²) in [4.78, 5) is 76.3. The third-order valence-electron chi connectivity index (χ3n) is 12.7. The number of aliphatic carboxylic acids is 2. The fraction of sp³-hybridized carbons (Fsp3) is 0.878. The Morgan fingerprint density at radius 2 is 1.17 bits per heavy atom.